The summed E-state index contributed by atoms with van der Waals surface area (Å²) in [4.78, 5) is 24.6. The topological polar surface area (TPSA) is 98.3 Å². The van der Waals surface area contributed by atoms with E-state index in [4.69, 9.17) is 9.47 Å². The quantitative estimate of drug-likeness (QED) is 0.809. The van der Waals surface area contributed by atoms with Gasteiger partial charge in [-0.15, -0.1) is 0 Å². The van der Waals surface area contributed by atoms with Crippen molar-refractivity contribution in [3.63, 3.8) is 0 Å². The number of amides is 1. The molecule has 0 bridgehead atoms. The lowest BCUT2D eigenvalue weighted by Gasteiger charge is -2.14. The summed E-state index contributed by atoms with van der Waals surface area (Å²) >= 11 is 0. The predicted octanol–water partition coefficient (Wildman–Crippen LogP) is 1.44. The molecule has 2 N–H and O–H groups in total. The van der Waals surface area contributed by atoms with Gasteiger partial charge in [0.15, 0.2) is 0 Å². The van der Waals surface area contributed by atoms with Crippen molar-refractivity contribution in [1.29, 1.82) is 0 Å². The molecule has 1 unspecified atom stereocenters. The molecule has 0 aromatic carbocycles. The maximum absolute atomic E-state index is 11.5. The summed E-state index contributed by atoms with van der Waals surface area (Å²) in [6, 6.07) is 3.76. The highest BCUT2D eigenvalue weighted by Gasteiger charge is 2.40. The lowest BCUT2D eigenvalue weighted by Crippen LogP contribution is -2.27. The first-order chi connectivity index (χ1) is 12.6. The largest absolute Gasteiger partial charge is 0.495 e. The third-order valence-electron chi connectivity index (χ3n) is 4.78. The Morgan fingerprint density at radius 3 is 2.85 bits per heavy atom. The van der Waals surface area contributed by atoms with Crippen molar-refractivity contribution in [1.82, 2.24) is 25.8 Å². The highest BCUT2D eigenvalue weighted by Crippen LogP contribution is 2.47. The molecule has 8 nitrogen and oxygen atoms in total. The van der Waals surface area contributed by atoms with Crippen molar-refractivity contribution in [3.05, 3.63) is 41.6 Å². The van der Waals surface area contributed by atoms with Gasteiger partial charge in [-0.2, -0.15) is 4.98 Å². The Balaban J connectivity index is 1.40. The van der Waals surface area contributed by atoms with Crippen molar-refractivity contribution in [3.8, 4) is 11.6 Å². The number of ether oxygens (including phenoxy) is 2. The number of hydrogen-bond donors (Lipinski definition) is 2. The zero-order valence-corrected chi connectivity index (χ0v) is 14.7. The summed E-state index contributed by atoms with van der Waals surface area (Å²) in [5.74, 6) is 2.71. The molecular formula is C18H21N5O3. The van der Waals surface area contributed by atoms with E-state index in [-0.39, 0.29) is 11.9 Å². The van der Waals surface area contributed by atoms with E-state index in [1.807, 2.05) is 19.1 Å². The van der Waals surface area contributed by atoms with Gasteiger partial charge in [0, 0.05) is 30.1 Å². The molecule has 3 atom stereocenters. The van der Waals surface area contributed by atoms with Gasteiger partial charge in [-0.1, -0.05) is 0 Å². The molecule has 3 heterocycles. The van der Waals surface area contributed by atoms with Gasteiger partial charge in [0.2, 0.25) is 11.8 Å². The molecule has 26 heavy (non-hydrogen) atoms. The van der Waals surface area contributed by atoms with E-state index in [1.54, 1.807) is 19.5 Å². The smallest absolute Gasteiger partial charge is 0.236 e. The third-order valence-corrected chi connectivity index (χ3v) is 4.78. The number of aromatic nitrogens is 3. The maximum Gasteiger partial charge on any atom is 0.236 e. The Morgan fingerprint density at radius 2 is 2.15 bits per heavy atom. The molecule has 8 heteroatoms. The van der Waals surface area contributed by atoms with Crippen LogP contribution in [0.5, 0.6) is 11.6 Å². The Labute approximate surface area is 151 Å². The fourth-order valence-corrected chi connectivity index (χ4v) is 3.17. The maximum atomic E-state index is 11.5. The van der Waals surface area contributed by atoms with Gasteiger partial charge < -0.3 is 9.47 Å². The van der Waals surface area contributed by atoms with E-state index in [2.05, 4.69) is 25.8 Å². The molecular weight excluding hydrogens is 334 g/mol. The molecule has 0 radical (unpaired) electrons. The first-order valence-electron chi connectivity index (χ1n) is 8.64. The Morgan fingerprint density at radius 1 is 1.27 bits per heavy atom. The molecule has 2 aliphatic rings. The van der Waals surface area contributed by atoms with Crippen LogP contribution >= 0.6 is 0 Å². The average Bonchev–Trinajstić information content (AvgIpc) is 3.31. The van der Waals surface area contributed by atoms with Gasteiger partial charge in [-0.05, 0) is 25.5 Å². The second kappa shape index (κ2) is 6.87. The molecule has 0 spiro atoms. The monoisotopic (exact) mass is 355 g/mol. The van der Waals surface area contributed by atoms with Gasteiger partial charge in [0.05, 0.1) is 31.5 Å². The minimum Gasteiger partial charge on any atom is -0.495 e. The molecule has 1 saturated carbocycles. The van der Waals surface area contributed by atoms with Crippen LogP contribution < -0.4 is 20.3 Å². The van der Waals surface area contributed by atoms with Crippen LogP contribution in [0.15, 0.2) is 24.5 Å². The lowest BCUT2D eigenvalue weighted by molar-refractivity contribution is -0.119. The van der Waals surface area contributed by atoms with Crippen LogP contribution in [0.2, 0.25) is 0 Å². The first-order valence-corrected chi connectivity index (χ1v) is 8.64. The third kappa shape index (κ3) is 3.45. The molecule has 1 amide bonds. The number of hydrogen-bond acceptors (Lipinski definition) is 7. The standard InChI is InChI=1S/C18H21N5O3/c1-10-19-8-14(16-6-17(24)23-22-16)18(21-10)26-9-11-5-13(11)15-4-3-12(25-2)7-20-15/h3-4,7-8,11,13,16,22H,5-6,9H2,1-2H3,(H,23,24)/t11-,13+,16?/m1/s1. The predicted molar refractivity (Wildman–Crippen MR) is 92.5 cm³/mol. The average molecular weight is 355 g/mol. The van der Waals surface area contributed by atoms with Gasteiger partial charge in [-0.3, -0.25) is 15.2 Å². The molecule has 1 saturated heterocycles. The SMILES string of the molecule is COc1ccc([C@H]2C[C@@H]2COc2nc(C)ncc2C2CC(=O)NN2)nc1. The number of aryl methyl sites for hydroxylation is 1. The minimum absolute atomic E-state index is 0.0469. The summed E-state index contributed by atoms with van der Waals surface area (Å²) in [5, 5.41) is 0. The van der Waals surface area contributed by atoms with Crippen LogP contribution in [-0.4, -0.2) is 34.6 Å². The summed E-state index contributed by atoms with van der Waals surface area (Å²) in [5.41, 5.74) is 7.42. The fourth-order valence-electron chi connectivity index (χ4n) is 3.17. The highest BCUT2D eigenvalue weighted by atomic mass is 16.5. The first kappa shape index (κ1) is 16.7. The number of nitrogens with one attached hydrogen (secondary N) is 2. The van der Waals surface area contributed by atoms with Crippen LogP contribution in [-0.2, 0) is 4.79 Å². The van der Waals surface area contributed by atoms with E-state index in [1.165, 1.54) is 0 Å². The van der Waals surface area contributed by atoms with E-state index in [0.29, 0.717) is 36.6 Å². The van der Waals surface area contributed by atoms with Crippen LogP contribution in [0.25, 0.3) is 0 Å². The Kier molecular flexibility index (Phi) is 4.42. The number of hydrazine groups is 1. The Hall–Kier alpha value is -2.74. The fraction of sp³-hybridized carbons (Fsp3) is 0.444. The molecule has 4 rings (SSSR count). The summed E-state index contributed by atoms with van der Waals surface area (Å²) in [7, 11) is 1.63. The minimum atomic E-state index is -0.170. The molecule has 1 aliphatic carbocycles. The van der Waals surface area contributed by atoms with Gasteiger partial charge in [0.1, 0.15) is 11.6 Å². The summed E-state index contributed by atoms with van der Waals surface area (Å²) in [6.07, 6.45) is 4.86. The molecule has 2 aromatic rings. The second-order valence-corrected chi connectivity index (χ2v) is 6.66. The Bertz CT molecular complexity index is 811. The summed E-state index contributed by atoms with van der Waals surface area (Å²) < 4.78 is 11.1. The van der Waals surface area contributed by atoms with E-state index in [0.717, 1.165) is 23.4 Å². The molecule has 136 valence electrons. The number of carbonyl (C=O) groups is 1. The van der Waals surface area contributed by atoms with Crippen molar-refractivity contribution >= 4 is 5.91 Å². The number of methoxy groups -OCH3 is 1. The molecule has 2 fully saturated rings. The summed E-state index contributed by atoms with van der Waals surface area (Å²) in [6.45, 7) is 2.39. The van der Waals surface area contributed by atoms with Crippen LogP contribution in [0.4, 0.5) is 0 Å². The lowest BCUT2D eigenvalue weighted by atomic mass is 10.1. The zero-order valence-electron chi connectivity index (χ0n) is 14.7. The van der Waals surface area contributed by atoms with Crippen LogP contribution in [0.1, 0.15) is 41.9 Å². The highest BCUT2D eigenvalue weighted by molar-refractivity contribution is 5.78. The normalized spacial score (nSPS) is 24.2. The van der Waals surface area contributed by atoms with Crippen LogP contribution in [0.3, 0.4) is 0 Å². The van der Waals surface area contributed by atoms with Gasteiger partial charge in [-0.25, -0.2) is 10.4 Å². The second-order valence-electron chi connectivity index (χ2n) is 6.66. The van der Waals surface area contributed by atoms with Gasteiger partial charge >= 0.3 is 0 Å². The van der Waals surface area contributed by atoms with Crippen molar-refractivity contribution in [2.75, 3.05) is 13.7 Å². The molecule has 1 aliphatic heterocycles. The number of nitrogens with zero attached hydrogens (tertiary/aromatic N) is 3. The van der Waals surface area contributed by atoms with E-state index < -0.39 is 0 Å². The number of pyridine rings is 1. The number of rotatable bonds is 6. The van der Waals surface area contributed by atoms with Crippen LogP contribution in [0, 0.1) is 12.8 Å². The van der Waals surface area contributed by atoms with E-state index in [9.17, 15) is 4.79 Å². The van der Waals surface area contributed by atoms with Gasteiger partial charge in [0.25, 0.3) is 0 Å². The number of carbonyl (C=O) groups excluding carboxylic acids is 1. The van der Waals surface area contributed by atoms with Crippen molar-refractivity contribution in [2.24, 2.45) is 5.92 Å². The van der Waals surface area contributed by atoms with E-state index >= 15 is 0 Å². The van der Waals surface area contributed by atoms with Crippen molar-refractivity contribution < 1.29 is 14.3 Å². The van der Waals surface area contributed by atoms with Crippen molar-refractivity contribution in [2.45, 2.75) is 31.7 Å². The molecule has 2 aromatic heterocycles. The zero-order chi connectivity index (χ0) is 18.1.